The maximum Gasteiger partial charge on any atom is 0.308 e. The van der Waals surface area contributed by atoms with E-state index in [1.807, 2.05) is 20.8 Å². The molecule has 1 aromatic rings. The van der Waals surface area contributed by atoms with Gasteiger partial charge < -0.3 is 10.4 Å². The summed E-state index contributed by atoms with van der Waals surface area (Å²) in [4.78, 5) is 23.0. The average Bonchev–Trinajstić information content (AvgIpc) is 2.68. The van der Waals surface area contributed by atoms with Gasteiger partial charge in [-0.25, -0.2) is 0 Å². The van der Waals surface area contributed by atoms with E-state index < -0.39 is 11.9 Å². The molecule has 1 amide bonds. The zero-order valence-electron chi connectivity index (χ0n) is 11.2. The molecule has 4 nitrogen and oxygen atoms in total. The highest BCUT2D eigenvalue weighted by atomic mass is 79.9. The van der Waals surface area contributed by atoms with Crippen molar-refractivity contribution in [2.45, 2.75) is 27.2 Å². The third kappa shape index (κ3) is 5.74. The van der Waals surface area contributed by atoms with Crippen LogP contribution in [0.4, 0.5) is 0 Å². The standard InChI is InChI=1S/C13H18BrNO3S/c1-13(2,3)5-9(12(17)18)6-15-11(16)8-4-10(14)19-7-8/h4,7,9H,5-6H2,1-3H3,(H,15,16)(H,17,18). The monoisotopic (exact) mass is 347 g/mol. The zero-order valence-corrected chi connectivity index (χ0v) is 13.6. The lowest BCUT2D eigenvalue weighted by molar-refractivity contribution is -0.142. The van der Waals surface area contributed by atoms with Gasteiger partial charge in [-0.3, -0.25) is 9.59 Å². The van der Waals surface area contributed by atoms with Crippen LogP contribution in [0.15, 0.2) is 15.2 Å². The number of halogens is 1. The SMILES string of the molecule is CC(C)(C)CC(CNC(=O)c1csc(Br)c1)C(=O)O. The normalized spacial score (nSPS) is 13.1. The maximum atomic E-state index is 11.8. The predicted octanol–water partition coefficient (Wildman–Crippen LogP) is 3.38. The molecule has 0 fully saturated rings. The van der Waals surface area contributed by atoms with Gasteiger partial charge in [0.15, 0.2) is 0 Å². The first-order valence-electron chi connectivity index (χ1n) is 5.94. The number of carbonyl (C=O) groups excluding carboxylic acids is 1. The highest BCUT2D eigenvalue weighted by molar-refractivity contribution is 9.11. The molecule has 19 heavy (non-hydrogen) atoms. The molecule has 1 atom stereocenters. The van der Waals surface area contributed by atoms with Gasteiger partial charge in [0.25, 0.3) is 5.91 Å². The van der Waals surface area contributed by atoms with Crippen molar-refractivity contribution in [3.63, 3.8) is 0 Å². The Morgan fingerprint density at radius 3 is 2.53 bits per heavy atom. The highest BCUT2D eigenvalue weighted by Gasteiger charge is 2.25. The molecule has 0 saturated heterocycles. The Kier molecular flexibility index (Phi) is 5.55. The van der Waals surface area contributed by atoms with Crippen LogP contribution in [0, 0.1) is 11.3 Å². The summed E-state index contributed by atoms with van der Waals surface area (Å²) in [6, 6.07) is 1.72. The third-order valence-corrected chi connectivity index (χ3v) is 4.05. The molecular formula is C13H18BrNO3S. The van der Waals surface area contributed by atoms with Gasteiger partial charge in [-0.1, -0.05) is 20.8 Å². The molecule has 0 aromatic carbocycles. The second-order valence-electron chi connectivity index (χ2n) is 5.65. The summed E-state index contributed by atoms with van der Waals surface area (Å²) in [6.07, 6.45) is 0.524. The minimum absolute atomic E-state index is 0.0841. The topological polar surface area (TPSA) is 66.4 Å². The number of carboxylic acids is 1. The molecule has 0 aliphatic carbocycles. The van der Waals surface area contributed by atoms with Crippen molar-refractivity contribution < 1.29 is 14.7 Å². The Morgan fingerprint density at radius 2 is 2.11 bits per heavy atom. The molecular weight excluding hydrogens is 330 g/mol. The minimum Gasteiger partial charge on any atom is -0.481 e. The molecule has 1 unspecified atom stereocenters. The van der Waals surface area contributed by atoms with Gasteiger partial charge in [0.2, 0.25) is 0 Å². The highest BCUT2D eigenvalue weighted by Crippen LogP contribution is 2.24. The summed E-state index contributed by atoms with van der Waals surface area (Å²) in [5.41, 5.74) is 0.468. The quantitative estimate of drug-likeness (QED) is 0.857. The molecule has 0 bridgehead atoms. The van der Waals surface area contributed by atoms with Crippen molar-refractivity contribution in [1.29, 1.82) is 0 Å². The van der Waals surface area contributed by atoms with E-state index in [1.165, 1.54) is 11.3 Å². The maximum absolute atomic E-state index is 11.8. The number of thiophene rings is 1. The van der Waals surface area contributed by atoms with E-state index >= 15 is 0 Å². The summed E-state index contributed by atoms with van der Waals surface area (Å²) in [5.74, 6) is -1.67. The van der Waals surface area contributed by atoms with Gasteiger partial charge in [-0.15, -0.1) is 11.3 Å². The van der Waals surface area contributed by atoms with Crippen LogP contribution in [0.5, 0.6) is 0 Å². The van der Waals surface area contributed by atoms with Gasteiger partial charge >= 0.3 is 5.97 Å². The van der Waals surface area contributed by atoms with E-state index in [2.05, 4.69) is 21.2 Å². The molecule has 0 spiro atoms. The Balaban J connectivity index is 2.57. The number of rotatable bonds is 5. The first-order valence-corrected chi connectivity index (χ1v) is 7.61. The minimum atomic E-state index is -0.873. The van der Waals surface area contributed by atoms with Crippen molar-refractivity contribution in [2.75, 3.05) is 6.54 Å². The fourth-order valence-electron chi connectivity index (χ4n) is 1.73. The first kappa shape index (κ1) is 16.2. The van der Waals surface area contributed by atoms with Gasteiger partial charge in [0.05, 0.1) is 15.3 Å². The van der Waals surface area contributed by atoms with E-state index in [4.69, 9.17) is 5.11 Å². The number of carboxylic acid groups (broad SMARTS) is 1. The number of nitrogens with one attached hydrogen (secondary N) is 1. The van der Waals surface area contributed by atoms with Crippen LogP contribution in [-0.2, 0) is 4.79 Å². The number of hydrogen-bond acceptors (Lipinski definition) is 3. The molecule has 106 valence electrons. The van der Waals surface area contributed by atoms with E-state index in [-0.39, 0.29) is 17.9 Å². The molecule has 2 N–H and O–H groups in total. The summed E-state index contributed by atoms with van der Waals surface area (Å²) < 4.78 is 0.877. The molecule has 0 aliphatic rings. The number of carbonyl (C=O) groups is 2. The summed E-state index contributed by atoms with van der Waals surface area (Å²) in [7, 11) is 0. The van der Waals surface area contributed by atoms with Crippen LogP contribution in [0.25, 0.3) is 0 Å². The lowest BCUT2D eigenvalue weighted by Crippen LogP contribution is -2.34. The Hall–Kier alpha value is -0.880. The van der Waals surface area contributed by atoms with Gasteiger partial charge in [0.1, 0.15) is 0 Å². The second-order valence-corrected chi connectivity index (χ2v) is 7.94. The van der Waals surface area contributed by atoms with E-state index in [0.717, 1.165) is 3.79 Å². The van der Waals surface area contributed by atoms with Crippen molar-refractivity contribution in [3.8, 4) is 0 Å². The zero-order chi connectivity index (χ0) is 14.6. The first-order chi connectivity index (χ1) is 8.69. The van der Waals surface area contributed by atoms with Crippen LogP contribution in [0.1, 0.15) is 37.6 Å². The second kappa shape index (κ2) is 6.52. The van der Waals surface area contributed by atoms with E-state index in [0.29, 0.717) is 12.0 Å². The average molecular weight is 348 g/mol. The van der Waals surface area contributed by atoms with Gasteiger partial charge in [-0.2, -0.15) is 0 Å². The summed E-state index contributed by atoms with van der Waals surface area (Å²) in [6.45, 7) is 6.11. The fraction of sp³-hybridized carbons (Fsp3) is 0.538. The van der Waals surface area contributed by atoms with Crippen LogP contribution < -0.4 is 5.32 Å². The molecule has 0 aliphatic heterocycles. The Labute approximate surface area is 125 Å². The molecule has 0 saturated carbocycles. The van der Waals surface area contributed by atoms with Crippen LogP contribution >= 0.6 is 27.3 Å². The van der Waals surface area contributed by atoms with E-state index in [9.17, 15) is 9.59 Å². The molecule has 1 aromatic heterocycles. The van der Waals surface area contributed by atoms with E-state index in [1.54, 1.807) is 11.4 Å². The smallest absolute Gasteiger partial charge is 0.308 e. The van der Waals surface area contributed by atoms with Crippen LogP contribution in [0.2, 0.25) is 0 Å². The Bertz CT molecular complexity index is 465. The summed E-state index contributed by atoms with van der Waals surface area (Å²) >= 11 is 4.71. The molecule has 0 radical (unpaired) electrons. The van der Waals surface area contributed by atoms with Gasteiger partial charge in [0, 0.05) is 11.9 Å². The fourth-order valence-corrected chi connectivity index (χ4v) is 2.87. The van der Waals surface area contributed by atoms with Crippen LogP contribution in [0.3, 0.4) is 0 Å². The molecule has 6 heteroatoms. The molecule has 1 rings (SSSR count). The lowest BCUT2D eigenvalue weighted by atomic mass is 9.84. The third-order valence-electron chi connectivity index (χ3n) is 2.55. The number of amides is 1. The largest absolute Gasteiger partial charge is 0.481 e. The van der Waals surface area contributed by atoms with Crippen molar-refractivity contribution >= 4 is 39.1 Å². The lowest BCUT2D eigenvalue weighted by Gasteiger charge is -2.23. The van der Waals surface area contributed by atoms with Crippen molar-refractivity contribution in [2.24, 2.45) is 11.3 Å². The predicted molar refractivity (Wildman–Crippen MR) is 79.6 cm³/mol. The van der Waals surface area contributed by atoms with Crippen molar-refractivity contribution in [3.05, 3.63) is 20.8 Å². The van der Waals surface area contributed by atoms with Gasteiger partial charge in [-0.05, 0) is 33.8 Å². The number of hydrogen-bond donors (Lipinski definition) is 2. The van der Waals surface area contributed by atoms with Crippen LogP contribution in [-0.4, -0.2) is 23.5 Å². The number of aliphatic carboxylic acids is 1. The Morgan fingerprint density at radius 1 is 1.47 bits per heavy atom. The van der Waals surface area contributed by atoms with Crippen molar-refractivity contribution in [1.82, 2.24) is 5.32 Å². The molecule has 1 heterocycles. The summed E-state index contributed by atoms with van der Waals surface area (Å²) in [5, 5.41) is 13.6.